The van der Waals surface area contributed by atoms with Crippen LogP contribution < -0.4 is 5.32 Å². The van der Waals surface area contributed by atoms with Crippen LogP contribution in [0.4, 0.5) is 0 Å². The number of furan rings is 1. The van der Waals surface area contributed by atoms with Crippen LogP contribution in [0.25, 0.3) is 0 Å². The summed E-state index contributed by atoms with van der Waals surface area (Å²) in [6.45, 7) is 5.84. The summed E-state index contributed by atoms with van der Waals surface area (Å²) in [6.07, 6.45) is 17.4. The van der Waals surface area contributed by atoms with Crippen molar-refractivity contribution in [3.8, 4) is 0 Å². The number of hydrogen-bond acceptors (Lipinski definition) is 13. The molecule has 7 aliphatic heterocycles. The molecule has 14 aliphatic rings. The first-order valence-electron chi connectivity index (χ1n) is 29.5. The summed E-state index contributed by atoms with van der Waals surface area (Å²) in [5.41, 5.74) is -3.90. The topological polar surface area (TPSA) is 181 Å². The van der Waals surface area contributed by atoms with Gasteiger partial charge in [0.25, 0.3) is 0 Å². The molecule has 0 amide bonds. The van der Waals surface area contributed by atoms with Crippen LogP contribution in [0.1, 0.15) is 127 Å². The van der Waals surface area contributed by atoms with Crippen molar-refractivity contribution >= 4 is 17.7 Å². The maximum atomic E-state index is 16.6. The number of carbonyl (C=O) groups is 3. The standard InChI is InChI=1S/C62H76N2O11/c1-56-27-37-28-58-18-7-12-38(58)25-40-15-19-57(2)49-47(67)51(68)60(39-11-6-10-34(23-39)22-33-8-4-3-5-9-33,48(37)59(49)31-72-54(69)50(58)61(40,59)75-57)62(56)53(74-62)55(70)73-52(56)42-17-21-71-46(42)26-43(45(66)30-65)35-13-14-41-36(24-35)16-20-64-32-63-29-44(41)64/h3-5,8-9,15-17,20-21,34-39,41,43-45,48-53,63,65-66,68H,6-7,10-14,18-19,22-32H2,1-2H3/t34-,35-,36-,37+,38+,39+,41+,43+,44+,45-,48-,49-,50+,51-,52+,53-,56+,57+,58+,59-,60+,61+,62-/m1/s1. The predicted molar refractivity (Wildman–Crippen MR) is 270 cm³/mol. The highest BCUT2D eigenvalue weighted by molar-refractivity contribution is 5.94. The number of ketones is 1. The molecule has 1 aromatic heterocycles. The van der Waals surface area contributed by atoms with Gasteiger partial charge < -0.3 is 43.6 Å². The van der Waals surface area contributed by atoms with Crippen LogP contribution in [0, 0.1) is 86.8 Å². The molecule has 23 atom stereocenters. The molecular formula is C62H76N2O11. The number of esters is 2. The third kappa shape index (κ3) is 5.51. The Morgan fingerprint density at radius 2 is 1.79 bits per heavy atom. The van der Waals surface area contributed by atoms with Gasteiger partial charge in [0.05, 0.1) is 48.5 Å². The second-order valence-electron chi connectivity index (χ2n) is 27.7. The largest absolute Gasteiger partial charge is 0.469 e. The lowest BCUT2D eigenvalue weighted by molar-refractivity contribution is -0.300. The molecule has 5 bridgehead atoms. The van der Waals surface area contributed by atoms with Crippen LogP contribution in [0.3, 0.4) is 0 Å². The lowest BCUT2D eigenvalue weighted by Gasteiger charge is -2.72. The Morgan fingerprint density at radius 3 is 2.64 bits per heavy atom. The molecule has 7 aliphatic carbocycles. The van der Waals surface area contributed by atoms with E-state index in [0.29, 0.717) is 42.9 Å². The zero-order valence-corrected chi connectivity index (χ0v) is 43.7. The lowest BCUT2D eigenvalue weighted by Crippen LogP contribution is -2.82. The molecule has 5 saturated heterocycles. The second-order valence-corrected chi connectivity index (χ2v) is 27.7. The van der Waals surface area contributed by atoms with Crippen LogP contribution >= 0.6 is 0 Å². The van der Waals surface area contributed by atoms with Crippen LogP contribution in [0.15, 0.2) is 71.0 Å². The molecule has 0 unspecified atom stereocenters. The van der Waals surface area contributed by atoms with Gasteiger partial charge in [-0.2, -0.15) is 0 Å². The molecule has 13 nitrogen and oxygen atoms in total. The van der Waals surface area contributed by atoms with Crippen molar-refractivity contribution in [1.29, 1.82) is 0 Å². The highest BCUT2D eigenvalue weighted by Gasteiger charge is 2.98. The molecule has 1 aromatic carbocycles. The Kier molecular flexibility index (Phi) is 9.88. The van der Waals surface area contributed by atoms with Gasteiger partial charge in [0.2, 0.25) is 0 Å². The van der Waals surface area contributed by atoms with Crippen molar-refractivity contribution in [2.75, 3.05) is 26.4 Å². The maximum absolute atomic E-state index is 16.6. The minimum absolute atomic E-state index is 0.0440. The van der Waals surface area contributed by atoms with E-state index >= 15 is 14.4 Å². The first-order chi connectivity index (χ1) is 36.3. The SMILES string of the molecule is C[C@@]12C[C@H]3C[C@@]45CCC[C@H]4CC4=CC[C@]6(C)O[C@]47[C@H]5C(=O)OC[C@]74[C@@H]3[C@@]([C@H]3CCC[C@H](Cc5ccccc5)C3)([C@H](O)C(=O)[C@@H]46)[C@]13O[C@@H]3C(=O)O[C@H]2c1ccoc1C[C@@H]([C@@H]1CC[C@H]2[C@H](C=CN3CNC[C@@H]23)C1)[C@H](O)CO. The summed E-state index contributed by atoms with van der Waals surface area (Å²) in [7, 11) is 0. The van der Waals surface area contributed by atoms with Crippen LogP contribution in [0.5, 0.6) is 0 Å². The zero-order chi connectivity index (χ0) is 50.8. The van der Waals surface area contributed by atoms with E-state index in [1.54, 1.807) is 6.26 Å². The number of aliphatic hydroxyl groups is 3. The summed E-state index contributed by atoms with van der Waals surface area (Å²) < 4.78 is 35.5. The number of hydrogen-bond donors (Lipinski definition) is 4. The van der Waals surface area contributed by atoms with Crippen molar-refractivity contribution in [2.45, 2.75) is 164 Å². The second kappa shape index (κ2) is 15.7. The van der Waals surface area contributed by atoms with E-state index in [2.05, 4.69) is 72.7 Å². The zero-order valence-electron chi connectivity index (χ0n) is 43.7. The normalized spacial score (nSPS) is 51.7. The summed E-state index contributed by atoms with van der Waals surface area (Å²) in [4.78, 5) is 49.6. The van der Waals surface area contributed by atoms with Gasteiger partial charge in [0.15, 0.2) is 11.9 Å². The van der Waals surface area contributed by atoms with Gasteiger partial charge in [0, 0.05) is 35.4 Å². The molecule has 0 radical (unpaired) electrons. The van der Waals surface area contributed by atoms with Crippen molar-refractivity contribution in [1.82, 2.24) is 10.2 Å². The van der Waals surface area contributed by atoms with E-state index in [9.17, 15) is 15.3 Å². The van der Waals surface area contributed by atoms with Gasteiger partial charge in [-0.25, -0.2) is 4.79 Å². The number of benzene rings is 1. The van der Waals surface area contributed by atoms with E-state index < -0.39 is 80.7 Å². The Bertz CT molecular complexity index is 2810. The lowest BCUT2D eigenvalue weighted by atomic mass is 9.30. The quantitative estimate of drug-likeness (QED) is 0.113. The predicted octanol–water partition coefficient (Wildman–Crippen LogP) is 7.17. The molecule has 4 spiro atoms. The number of allylic oxidation sites excluding steroid dienone is 1. The first-order valence-corrected chi connectivity index (χ1v) is 29.5. The number of ether oxygens (including phenoxy) is 4. The summed E-state index contributed by atoms with van der Waals surface area (Å²) in [6, 6.07) is 13.1. The van der Waals surface area contributed by atoms with Gasteiger partial charge in [-0.3, -0.25) is 14.9 Å². The van der Waals surface area contributed by atoms with Crippen molar-refractivity contribution in [2.24, 2.45) is 86.8 Å². The van der Waals surface area contributed by atoms with Crippen molar-refractivity contribution in [3.63, 3.8) is 0 Å². The fourth-order valence-corrected chi connectivity index (χ4v) is 23.3. The van der Waals surface area contributed by atoms with Crippen LogP contribution in [0.2, 0.25) is 0 Å². The maximum Gasteiger partial charge on any atom is 0.339 e. The molecule has 7 saturated carbocycles. The number of aliphatic hydroxyl groups excluding tert-OH is 3. The van der Waals surface area contributed by atoms with Gasteiger partial charge in [-0.05, 0) is 166 Å². The Labute approximate surface area is 439 Å². The molecule has 4 N–H and O–H groups in total. The third-order valence-corrected chi connectivity index (χ3v) is 25.3. The average Bonchev–Trinajstić information content (AvgIpc) is 2.83. The number of fused-ring (bicyclic) bond motifs is 5. The number of nitrogens with one attached hydrogen (secondary N) is 1. The van der Waals surface area contributed by atoms with Crippen LogP contribution in [-0.2, 0) is 46.2 Å². The highest BCUT2D eigenvalue weighted by Crippen LogP contribution is 2.89. The minimum atomic E-state index is -1.48. The van der Waals surface area contributed by atoms with Gasteiger partial charge >= 0.3 is 11.9 Å². The number of epoxide rings is 1. The molecular weight excluding hydrogens is 949 g/mol. The molecule has 75 heavy (non-hydrogen) atoms. The molecule has 8 heterocycles. The van der Waals surface area contributed by atoms with Gasteiger partial charge in [-0.1, -0.05) is 68.7 Å². The van der Waals surface area contributed by atoms with Gasteiger partial charge in [0.1, 0.15) is 35.8 Å². The number of rotatable bonds is 9. The van der Waals surface area contributed by atoms with E-state index in [4.69, 9.17) is 23.4 Å². The fourth-order valence-electron chi connectivity index (χ4n) is 23.3. The molecule has 12 fully saturated rings. The Hall–Kier alpha value is -3.85. The molecule has 400 valence electrons. The number of nitrogens with zero attached hydrogens (tertiary/aromatic N) is 1. The Morgan fingerprint density at radius 1 is 0.933 bits per heavy atom. The number of cyclic esters (lactones) is 2. The fraction of sp³-hybridized carbons (Fsp3) is 0.726. The van der Waals surface area contributed by atoms with E-state index in [1.807, 2.05) is 6.07 Å². The summed E-state index contributed by atoms with van der Waals surface area (Å²) in [5.74, 6) is -1.11. The summed E-state index contributed by atoms with van der Waals surface area (Å²) >= 11 is 0. The third-order valence-electron chi connectivity index (χ3n) is 25.3. The minimum Gasteiger partial charge on any atom is -0.469 e. The van der Waals surface area contributed by atoms with E-state index in [1.165, 1.54) is 11.1 Å². The molecule has 13 heteroatoms. The highest BCUT2D eigenvalue weighted by atomic mass is 16.7. The van der Waals surface area contributed by atoms with Crippen molar-refractivity contribution < 1.29 is 53.1 Å². The summed E-state index contributed by atoms with van der Waals surface area (Å²) in [5, 5.41) is 40.3. The smallest absolute Gasteiger partial charge is 0.339 e. The molecule has 2 aromatic rings. The number of carbonyl (C=O) groups excluding carboxylic acids is 3. The molecule has 16 rings (SSSR count). The van der Waals surface area contributed by atoms with E-state index in [0.717, 1.165) is 102 Å². The monoisotopic (exact) mass is 1020 g/mol. The number of Topliss-reactive ketones (excluding diaryl/α,β-unsaturated/α-hetero) is 1. The van der Waals surface area contributed by atoms with Gasteiger partial charge in [-0.15, -0.1) is 0 Å². The average molecular weight is 1030 g/mol. The van der Waals surface area contributed by atoms with E-state index in [-0.39, 0.29) is 66.4 Å². The first kappa shape index (κ1) is 47.2. The van der Waals surface area contributed by atoms with Crippen molar-refractivity contribution in [3.05, 3.63) is 83.5 Å². The van der Waals surface area contributed by atoms with Crippen LogP contribution in [-0.4, -0.2) is 106 Å². The Balaban J connectivity index is 0.870.